The molecule has 0 aliphatic rings. The molecular weight excluding hydrogens is 287 g/mol. The Hall–Kier alpha value is -0.350. The van der Waals surface area contributed by atoms with Gasteiger partial charge in [-0.2, -0.15) is 0 Å². The van der Waals surface area contributed by atoms with Crippen LogP contribution < -0.4 is 0 Å². The maximum Gasteiger partial charge on any atom is 0.0588 e. The van der Waals surface area contributed by atoms with E-state index >= 15 is 0 Å². The standard InChI is InChI=1S/C12H15IO/c1-10(13)9-12(14)8-7-11-5-3-2-4-6-11/h2-6,12,14H,1,7-9H2. The van der Waals surface area contributed by atoms with Crippen molar-refractivity contribution < 1.29 is 5.11 Å². The van der Waals surface area contributed by atoms with Gasteiger partial charge in [0.2, 0.25) is 0 Å². The molecule has 1 aromatic rings. The lowest BCUT2D eigenvalue weighted by Gasteiger charge is -2.09. The molecule has 1 atom stereocenters. The molecule has 1 nitrogen and oxygen atoms in total. The molecule has 1 unspecified atom stereocenters. The van der Waals surface area contributed by atoms with Crippen LogP contribution in [0.1, 0.15) is 18.4 Å². The fourth-order valence-electron chi connectivity index (χ4n) is 1.34. The topological polar surface area (TPSA) is 20.2 Å². The van der Waals surface area contributed by atoms with E-state index < -0.39 is 0 Å². The number of hydrogen-bond donors (Lipinski definition) is 1. The van der Waals surface area contributed by atoms with Gasteiger partial charge >= 0.3 is 0 Å². The van der Waals surface area contributed by atoms with Crippen molar-refractivity contribution in [1.29, 1.82) is 0 Å². The van der Waals surface area contributed by atoms with Crippen molar-refractivity contribution in [3.05, 3.63) is 46.1 Å². The molecular formula is C12H15IO. The van der Waals surface area contributed by atoms with Crippen molar-refractivity contribution in [3.63, 3.8) is 0 Å². The molecule has 0 aliphatic carbocycles. The summed E-state index contributed by atoms with van der Waals surface area (Å²) in [6.45, 7) is 3.78. The van der Waals surface area contributed by atoms with Crippen molar-refractivity contribution in [3.8, 4) is 0 Å². The van der Waals surface area contributed by atoms with Gasteiger partial charge in [0.05, 0.1) is 6.10 Å². The van der Waals surface area contributed by atoms with E-state index in [1.165, 1.54) is 5.56 Å². The van der Waals surface area contributed by atoms with E-state index in [4.69, 9.17) is 0 Å². The summed E-state index contributed by atoms with van der Waals surface area (Å²) in [5.74, 6) is 0. The minimum absolute atomic E-state index is 0.250. The largest absolute Gasteiger partial charge is 0.393 e. The second kappa shape index (κ2) is 6.19. The summed E-state index contributed by atoms with van der Waals surface area (Å²) in [7, 11) is 0. The first-order chi connectivity index (χ1) is 6.68. The van der Waals surface area contributed by atoms with E-state index in [9.17, 15) is 5.11 Å². The second-order valence-corrected chi connectivity index (χ2v) is 4.93. The molecule has 1 aromatic carbocycles. The molecule has 0 fully saturated rings. The van der Waals surface area contributed by atoms with Gasteiger partial charge in [-0.3, -0.25) is 0 Å². The zero-order chi connectivity index (χ0) is 10.4. The number of hydrogen-bond acceptors (Lipinski definition) is 1. The third kappa shape index (κ3) is 4.77. The van der Waals surface area contributed by atoms with Crippen molar-refractivity contribution >= 4 is 22.6 Å². The molecule has 0 radical (unpaired) electrons. The molecule has 0 heterocycles. The van der Waals surface area contributed by atoms with Crippen molar-refractivity contribution in [1.82, 2.24) is 0 Å². The van der Waals surface area contributed by atoms with E-state index in [1.54, 1.807) is 0 Å². The Kier molecular flexibility index (Phi) is 5.19. The fraction of sp³-hybridized carbons (Fsp3) is 0.333. The Morgan fingerprint density at radius 1 is 1.36 bits per heavy atom. The first-order valence-electron chi connectivity index (χ1n) is 4.74. The minimum atomic E-state index is -0.250. The van der Waals surface area contributed by atoms with E-state index in [-0.39, 0.29) is 6.10 Å². The van der Waals surface area contributed by atoms with E-state index in [2.05, 4.69) is 41.3 Å². The molecule has 0 aliphatic heterocycles. The van der Waals surface area contributed by atoms with E-state index in [0.29, 0.717) is 6.42 Å². The van der Waals surface area contributed by atoms with Crippen LogP contribution in [0, 0.1) is 0 Å². The normalized spacial score (nSPS) is 12.4. The van der Waals surface area contributed by atoms with Crippen molar-refractivity contribution in [2.75, 3.05) is 0 Å². The summed E-state index contributed by atoms with van der Waals surface area (Å²) in [6.07, 6.45) is 2.20. The molecule has 14 heavy (non-hydrogen) atoms. The summed E-state index contributed by atoms with van der Waals surface area (Å²) in [5, 5.41) is 9.62. The van der Waals surface area contributed by atoms with Gasteiger partial charge in [-0.05, 0) is 44.6 Å². The van der Waals surface area contributed by atoms with Crippen LogP contribution in [-0.4, -0.2) is 11.2 Å². The third-order valence-corrected chi connectivity index (χ3v) is 2.51. The molecule has 0 aromatic heterocycles. The van der Waals surface area contributed by atoms with Gasteiger partial charge in [-0.25, -0.2) is 0 Å². The molecule has 0 saturated heterocycles. The lowest BCUT2D eigenvalue weighted by atomic mass is 10.1. The van der Waals surface area contributed by atoms with Crippen molar-refractivity contribution in [2.45, 2.75) is 25.4 Å². The Morgan fingerprint density at radius 2 is 2.00 bits per heavy atom. The Balaban J connectivity index is 2.30. The number of halogens is 1. The highest BCUT2D eigenvalue weighted by Gasteiger charge is 2.04. The Morgan fingerprint density at radius 3 is 2.57 bits per heavy atom. The van der Waals surface area contributed by atoms with Gasteiger partial charge in [-0.1, -0.05) is 36.9 Å². The lowest BCUT2D eigenvalue weighted by molar-refractivity contribution is 0.168. The van der Waals surface area contributed by atoms with Crippen LogP contribution in [0.5, 0.6) is 0 Å². The van der Waals surface area contributed by atoms with Crippen LogP contribution in [0.4, 0.5) is 0 Å². The molecule has 2 heteroatoms. The predicted octanol–water partition coefficient (Wildman–Crippen LogP) is 3.32. The zero-order valence-corrected chi connectivity index (χ0v) is 10.3. The van der Waals surface area contributed by atoms with Crippen LogP contribution in [0.25, 0.3) is 0 Å². The van der Waals surface area contributed by atoms with Crippen LogP contribution in [0.3, 0.4) is 0 Å². The molecule has 1 rings (SSSR count). The van der Waals surface area contributed by atoms with Gasteiger partial charge in [0.1, 0.15) is 0 Å². The van der Waals surface area contributed by atoms with Gasteiger partial charge in [0.15, 0.2) is 0 Å². The average Bonchev–Trinajstić information content (AvgIpc) is 2.15. The summed E-state index contributed by atoms with van der Waals surface area (Å²) >= 11 is 2.16. The Bertz CT molecular complexity index is 282. The first kappa shape index (κ1) is 11.7. The van der Waals surface area contributed by atoms with Crippen LogP contribution in [0.2, 0.25) is 0 Å². The average molecular weight is 302 g/mol. The van der Waals surface area contributed by atoms with E-state index in [1.807, 2.05) is 18.2 Å². The summed E-state index contributed by atoms with van der Waals surface area (Å²) in [6, 6.07) is 10.2. The molecule has 0 bridgehead atoms. The highest BCUT2D eigenvalue weighted by atomic mass is 127. The van der Waals surface area contributed by atoms with Gasteiger partial charge in [0, 0.05) is 6.42 Å². The monoisotopic (exact) mass is 302 g/mol. The summed E-state index contributed by atoms with van der Waals surface area (Å²) in [5.41, 5.74) is 1.28. The third-order valence-electron chi connectivity index (χ3n) is 2.07. The van der Waals surface area contributed by atoms with Crippen molar-refractivity contribution in [2.24, 2.45) is 0 Å². The minimum Gasteiger partial charge on any atom is -0.393 e. The zero-order valence-electron chi connectivity index (χ0n) is 8.12. The van der Waals surface area contributed by atoms with Crippen LogP contribution in [0.15, 0.2) is 40.5 Å². The van der Waals surface area contributed by atoms with Crippen LogP contribution >= 0.6 is 22.6 Å². The van der Waals surface area contributed by atoms with Gasteiger partial charge in [0.25, 0.3) is 0 Å². The smallest absolute Gasteiger partial charge is 0.0588 e. The number of aliphatic hydroxyl groups is 1. The molecule has 76 valence electrons. The lowest BCUT2D eigenvalue weighted by Crippen LogP contribution is -2.07. The van der Waals surface area contributed by atoms with E-state index in [0.717, 1.165) is 16.4 Å². The Labute approximate surface area is 99.0 Å². The van der Waals surface area contributed by atoms with Gasteiger partial charge < -0.3 is 5.11 Å². The first-order valence-corrected chi connectivity index (χ1v) is 5.81. The predicted molar refractivity (Wildman–Crippen MR) is 68.5 cm³/mol. The quantitative estimate of drug-likeness (QED) is 0.827. The maximum atomic E-state index is 9.62. The maximum absolute atomic E-state index is 9.62. The molecule has 0 spiro atoms. The highest BCUT2D eigenvalue weighted by molar-refractivity contribution is 14.1. The number of benzene rings is 1. The molecule has 0 saturated carbocycles. The number of rotatable bonds is 5. The number of aliphatic hydroxyl groups excluding tert-OH is 1. The number of aryl methyl sites for hydroxylation is 1. The summed E-state index contributed by atoms with van der Waals surface area (Å²) in [4.78, 5) is 0. The van der Waals surface area contributed by atoms with Gasteiger partial charge in [-0.15, -0.1) is 0 Å². The molecule has 1 N–H and O–H groups in total. The molecule has 0 amide bonds. The second-order valence-electron chi connectivity index (χ2n) is 3.40. The fourth-order valence-corrected chi connectivity index (χ4v) is 1.84. The highest BCUT2D eigenvalue weighted by Crippen LogP contribution is 2.14. The summed E-state index contributed by atoms with van der Waals surface area (Å²) < 4.78 is 1.02. The van der Waals surface area contributed by atoms with Crippen LogP contribution in [-0.2, 0) is 6.42 Å². The SMILES string of the molecule is C=C(I)CC(O)CCc1ccccc1.